The summed E-state index contributed by atoms with van der Waals surface area (Å²) >= 11 is 0. The molecule has 0 rings (SSSR count). The molecule has 0 radical (unpaired) electrons. The smallest absolute Gasteiger partial charge is 0.189 e. The molecule has 1 unspecified atom stereocenters. The third kappa shape index (κ3) is 19.9. The van der Waals surface area contributed by atoms with Crippen molar-refractivity contribution < 1.29 is 9.46 Å². The lowest BCUT2D eigenvalue weighted by molar-refractivity contribution is 0.498. The molecule has 1 N–H and O–H groups in total. The molecular formula is C18H37O2P. The Kier molecular flexibility index (Phi) is 17.9. The molecule has 0 saturated carbocycles. The molecule has 126 valence electrons. The Balaban J connectivity index is 3.07. The van der Waals surface area contributed by atoms with Gasteiger partial charge in [-0.15, -0.1) is 0 Å². The molecule has 0 spiro atoms. The molecule has 0 bridgehead atoms. The highest BCUT2D eigenvalue weighted by Gasteiger charge is 1.94. The van der Waals surface area contributed by atoms with Crippen molar-refractivity contribution >= 4 is 8.03 Å². The standard InChI is InChI=1S/C18H37O2P/c1-2-3-4-5-6-7-8-9-10-11-12-13-14-15-16-17-18-21(19)20/h9-10,21H,2-8,11-18H2,1H3,(H,19,20)/b10-9-. The second-order valence-corrected chi connectivity index (χ2v) is 7.37. The van der Waals surface area contributed by atoms with Gasteiger partial charge in [0, 0.05) is 6.16 Å². The lowest BCUT2D eigenvalue weighted by Crippen LogP contribution is -1.82. The lowest BCUT2D eigenvalue weighted by atomic mass is 10.1. The van der Waals surface area contributed by atoms with E-state index in [1.54, 1.807) is 0 Å². The van der Waals surface area contributed by atoms with E-state index in [0.717, 1.165) is 12.8 Å². The fourth-order valence-electron chi connectivity index (χ4n) is 2.52. The second kappa shape index (κ2) is 18.0. The third-order valence-corrected chi connectivity index (χ3v) is 4.68. The first-order valence-electron chi connectivity index (χ1n) is 9.14. The summed E-state index contributed by atoms with van der Waals surface area (Å²) in [5.41, 5.74) is 0. The van der Waals surface area contributed by atoms with E-state index in [2.05, 4.69) is 19.1 Å². The van der Waals surface area contributed by atoms with Crippen molar-refractivity contribution in [1.82, 2.24) is 0 Å². The van der Waals surface area contributed by atoms with E-state index in [9.17, 15) is 4.57 Å². The Morgan fingerprint density at radius 2 is 1.14 bits per heavy atom. The van der Waals surface area contributed by atoms with Crippen molar-refractivity contribution in [1.29, 1.82) is 0 Å². The first-order valence-corrected chi connectivity index (χ1v) is 10.7. The van der Waals surface area contributed by atoms with Crippen molar-refractivity contribution in [2.24, 2.45) is 0 Å². The molecule has 0 amide bonds. The van der Waals surface area contributed by atoms with Gasteiger partial charge in [-0.2, -0.15) is 0 Å². The maximum absolute atomic E-state index is 10.5. The summed E-state index contributed by atoms with van der Waals surface area (Å²) in [7, 11) is -2.21. The molecule has 0 aromatic carbocycles. The summed E-state index contributed by atoms with van der Waals surface area (Å²) in [4.78, 5) is 8.71. The van der Waals surface area contributed by atoms with Crippen LogP contribution < -0.4 is 0 Å². The van der Waals surface area contributed by atoms with Crippen LogP contribution in [0.25, 0.3) is 0 Å². The van der Waals surface area contributed by atoms with Crippen LogP contribution in [0.3, 0.4) is 0 Å². The minimum atomic E-state index is -2.21. The van der Waals surface area contributed by atoms with Gasteiger partial charge in [-0.1, -0.05) is 76.9 Å². The van der Waals surface area contributed by atoms with Crippen molar-refractivity contribution in [3.05, 3.63) is 12.2 Å². The van der Waals surface area contributed by atoms with Crippen LogP contribution in [0.15, 0.2) is 12.2 Å². The predicted octanol–water partition coefficient (Wildman–Crippen LogP) is 6.49. The molecule has 1 atom stereocenters. The summed E-state index contributed by atoms with van der Waals surface area (Å²) in [5, 5.41) is 0. The first kappa shape index (κ1) is 20.9. The van der Waals surface area contributed by atoms with Crippen LogP contribution >= 0.6 is 8.03 Å². The SMILES string of the molecule is CCCCCCCC/C=C\CCCCCCCC[PH](=O)O. The van der Waals surface area contributed by atoms with Gasteiger partial charge in [0.15, 0.2) is 8.03 Å². The Morgan fingerprint density at radius 1 is 0.714 bits per heavy atom. The maximum atomic E-state index is 10.5. The number of unbranched alkanes of at least 4 members (excludes halogenated alkanes) is 12. The summed E-state index contributed by atoms with van der Waals surface area (Å²) < 4.78 is 10.5. The Bertz CT molecular complexity index is 252. The minimum Gasteiger partial charge on any atom is -0.346 e. The quantitative estimate of drug-likeness (QED) is 0.201. The number of rotatable bonds is 16. The molecule has 0 aromatic rings. The highest BCUT2D eigenvalue weighted by atomic mass is 31.1. The van der Waals surface area contributed by atoms with Gasteiger partial charge >= 0.3 is 0 Å². The molecule has 0 fully saturated rings. The van der Waals surface area contributed by atoms with Crippen molar-refractivity contribution in [2.45, 2.75) is 96.8 Å². The number of hydrogen-bond acceptors (Lipinski definition) is 1. The lowest BCUT2D eigenvalue weighted by Gasteiger charge is -2.00. The van der Waals surface area contributed by atoms with E-state index in [1.807, 2.05) is 0 Å². The highest BCUT2D eigenvalue weighted by Crippen LogP contribution is 2.17. The van der Waals surface area contributed by atoms with Gasteiger partial charge in [-0.25, -0.2) is 0 Å². The van der Waals surface area contributed by atoms with Gasteiger partial charge in [-0.05, 0) is 32.1 Å². The van der Waals surface area contributed by atoms with Gasteiger partial charge in [-0.3, -0.25) is 4.57 Å². The zero-order chi connectivity index (χ0) is 15.6. The minimum absolute atomic E-state index is 0.520. The summed E-state index contributed by atoms with van der Waals surface area (Å²) in [6.07, 6.45) is 23.1. The molecule has 2 nitrogen and oxygen atoms in total. The maximum Gasteiger partial charge on any atom is 0.189 e. The number of allylic oxidation sites excluding steroid dienone is 2. The first-order chi connectivity index (χ1) is 10.3. The van der Waals surface area contributed by atoms with E-state index < -0.39 is 8.03 Å². The topological polar surface area (TPSA) is 37.3 Å². The van der Waals surface area contributed by atoms with Gasteiger partial charge in [0.25, 0.3) is 0 Å². The fourth-order valence-corrected chi connectivity index (χ4v) is 3.08. The number of hydrogen-bond donors (Lipinski definition) is 1. The second-order valence-electron chi connectivity index (χ2n) is 6.08. The zero-order valence-corrected chi connectivity index (χ0v) is 15.1. The van der Waals surface area contributed by atoms with Gasteiger partial charge in [0.05, 0.1) is 0 Å². The molecule has 21 heavy (non-hydrogen) atoms. The van der Waals surface area contributed by atoms with E-state index in [-0.39, 0.29) is 0 Å². The molecule has 3 heteroatoms. The molecule has 0 aliphatic heterocycles. The van der Waals surface area contributed by atoms with Gasteiger partial charge in [0.2, 0.25) is 0 Å². The zero-order valence-electron chi connectivity index (χ0n) is 14.1. The van der Waals surface area contributed by atoms with E-state index in [1.165, 1.54) is 77.0 Å². The average molecular weight is 316 g/mol. The average Bonchev–Trinajstić information content (AvgIpc) is 2.46. The van der Waals surface area contributed by atoms with Crippen LogP contribution in [-0.4, -0.2) is 11.1 Å². The van der Waals surface area contributed by atoms with Crippen LogP contribution in [0, 0.1) is 0 Å². The summed E-state index contributed by atoms with van der Waals surface area (Å²) in [5.74, 6) is 0. The van der Waals surface area contributed by atoms with Gasteiger partial charge in [0.1, 0.15) is 0 Å². The van der Waals surface area contributed by atoms with Gasteiger partial charge < -0.3 is 4.89 Å². The normalized spacial score (nSPS) is 13.0. The van der Waals surface area contributed by atoms with E-state index in [0.29, 0.717) is 6.16 Å². The fraction of sp³-hybridized carbons (Fsp3) is 0.889. The third-order valence-electron chi connectivity index (χ3n) is 3.90. The van der Waals surface area contributed by atoms with Crippen molar-refractivity contribution in [3.63, 3.8) is 0 Å². The van der Waals surface area contributed by atoms with Crippen LogP contribution in [0.5, 0.6) is 0 Å². The molecule has 0 heterocycles. The van der Waals surface area contributed by atoms with Crippen molar-refractivity contribution in [3.8, 4) is 0 Å². The van der Waals surface area contributed by atoms with Crippen LogP contribution in [-0.2, 0) is 4.57 Å². The van der Waals surface area contributed by atoms with Crippen molar-refractivity contribution in [2.75, 3.05) is 6.16 Å². The summed E-state index contributed by atoms with van der Waals surface area (Å²) in [6.45, 7) is 2.26. The summed E-state index contributed by atoms with van der Waals surface area (Å²) in [6, 6.07) is 0. The van der Waals surface area contributed by atoms with Crippen LogP contribution in [0.1, 0.15) is 96.8 Å². The predicted molar refractivity (Wildman–Crippen MR) is 95.5 cm³/mol. The highest BCUT2D eigenvalue weighted by molar-refractivity contribution is 7.37. The molecule has 0 aromatic heterocycles. The largest absolute Gasteiger partial charge is 0.346 e. The molecule has 0 aliphatic rings. The molecule has 0 saturated heterocycles. The van der Waals surface area contributed by atoms with E-state index >= 15 is 0 Å². The Hall–Kier alpha value is -0.0700. The monoisotopic (exact) mass is 316 g/mol. The Labute approximate surface area is 133 Å². The molecule has 0 aliphatic carbocycles. The van der Waals surface area contributed by atoms with Crippen LogP contribution in [0.2, 0.25) is 0 Å². The van der Waals surface area contributed by atoms with E-state index in [4.69, 9.17) is 4.89 Å². The van der Waals surface area contributed by atoms with Crippen LogP contribution in [0.4, 0.5) is 0 Å². The Morgan fingerprint density at radius 3 is 1.62 bits per heavy atom. The molecular weight excluding hydrogens is 279 g/mol.